The topological polar surface area (TPSA) is 119 Å². The number of rotatable bonds is 16. The van der Waals surface area contributed by atoms with Gasteiger partial charge in [-0.3, -0.25) is 9.05 Å². The van der Waals surface area contributed by atoms with Crippen LogP contribution in [0.15, 0.2) is 60.7 Å². The van der Waals surface area contributed by atoms with Crippen LogP contribution in [0.2, 0.25) is 0 Å². The molecular formula is C28H38NO9P. The SMILES string of the molecule is O=C(OCCCOP(=O)(NC1CCCCC1)OCCCOC(=O)OCc1ccccc1)OCc1ccccc1. The van der Waals surface area contributed by atoms with Crippen molar-refractivity contribution in [2.24, 2.45) is 0 Å². The van der Waals surface area contributed by atoms with Gasteiger partial charge in [0.1, 0.15) is 13.2 Å². The minimum atomic E-state index is -3.61. The van der Waals surface area contributed by atoms with Crippen molar-refractivity contribution in [2.75, 3.05) is 26.4 Å². The van der Waals surface area contributed by atoms with E-state index in [1.807, 2.05) is 60.7 Å². The van der Waals surface area contributed by atoms with E-state index in [0.717, 1.165) is 43.2 Å². The molecule has 1 aliphatic rings. The molecule has 39 heavy (non-hydrogen) atoms. The van der Waals surface area contributed by atoms with E-state index in [4.69, 9.17) is 28.0 Å². The maximum Gasteiger partial charge on any atom is 0.508 e. The lowest BCUT2D eigenvalue weighted by molar-refractivity contribution is 0.0453. The Bertz CT molecular complexity index is 947. The molecule has 2 aromatic rings. The van der Waals surface area contributed by atoms with Crippen molar-refractivity contribution in [1.82, 2.24) is 5.09 Å². The lowest BCUT2D eigenvalue weighted by Gasteiger charge is -2.27. The molecule has 3 rings (SSSR count). The van der Waals surface area contributed by atoms with Crippen LogP contribution in [0, 0.1) is 0 Å². The fraction of sp³-hybridized carbons (Fsp3) is 0.500. The van der Waals surface area contributed by atoms with Gasteiger partial charge in [0, 0.05) is 18.9 Å². The summed E-state index contributed by atoms with van der Waals surface area (Å²) in [4.78, 5) is 23.6. The highest BCUT2D eigenvalue weighted by Crippen LogP contribution is 2.45. The molecule has 2 aromatic carbocycles. The molecule has 0 aromatic heterocycles. The average Bonchev–Trinajstić information content (AvgIpc) is 2.96. The first-order valence-electron chi connectivity index (χ1n) is 13.4. The maximum atomic E-state index is 13.4. The minimum Gasteiger partial charge on any atom is -0.434 e. The lowest BCUT2D eigenvalue weighted by Crippen LogP contribution is -2.30. The predicted molar refractivity (Wildman–Crippen MR) is 144 cm³/mol. The first kappa shape index (κ1) is 30.6. The molecule has 0 bridgehead atoms. The van der Waals surface area contributed by atoms with Gasteiger partial charge in [-0.15, -0.1) is 0 Å². The smallest absolute Gasteiger partial charge is 0.434 e. The van der Waals surface area contributed by atoms with Crippen LogP contribution in [0.4, 0.5) is 9.59 Å². The summed E-state index contributed by atoms with van der Waals surface area (Å²) in [6.07, 6.45) is 4.12. The van der Waals surface area contributed by atoms with E-state index in [-0.39, 0.29) is 45.7 Å². The number of benzene rings is 2. The molecule has 0 spiro atoms. The number of nitrogens with one attached hydrogen (secondary N) is 1. The van der Waals surface area contributed by atoms with Crippen molar-refractivity contribution in [1.29, 1.82) is 0 Å². The van der Waals surface area contributed by atoms with E-state index in [0.29, 0.717) is 12.8 Å². The van der Waals surface area contributed by atoms with Gasteiger partial charge >= 0.3 is 20.1 Å². The summed E-state index contributed by atoms with van der Waals surface area (Å²) in [6.45, 7) is 0.473. The normalized spacial score (nSPS) is 13.9. The number of hydrogen-bond donors (Lipinski definition) is 1. The van der Waals surface area contributed by atoms with Gasteiger partial charge in [0.05, 0.1) is 26.4 Å². The van der Waals surface area contributed by atoms with Gasteiger partial charge in [0.25, 0.3) is 0 Å². The Morgan fingerprint density at radius 3 is 1.59 bits per heavy atom. The van der Waals surface area contributed by atoms with Crippen LogP contribution in [0.5, 0.6) is 0 Å². The second-order valence-electron chi connectivity index (χ2n) is 9.08. The number of carbonyl (C=O) groups is 2. The molecule has 0 aliphatic heterocycles. The summed E-state index contributed by atoms with van der Waals surface area (Å²) in [6, 6.07) is 18.6. The fourth-order valence-electron chi connectivity index (χ4n) is 3.88. The summed E-state index contributed by atoms with van der Waals surface area (Å²) in [7, 11) is -3.61. The highest BCUT2D eigenvalue weighted by molar-refractivity contribution is 7.51. The highest BCUT2D eigenvalue weighted by atomic mass is 31.2. The summed E-state index contributed by atoms with van der Waals surface area (Å²) in [5.41, 5.74) is 1.72. The van der Waals surface area contributed by atoms with E-state index in [1.54, 1.807) is 0 Å². The fourth-order valence-corrected chi connectivity index (χ4v) is 5.55. The van der Waals surface area contributed by atoms with Crippen molar-refractivity contribution in [2.45, 2.75) is 64.2 Å². The molecule has 10 nitrogen and oxygen atoms in total. The Morgan fingerprint density at radius 2 is 1.13 bits per heavy atom. The molecular weight excluding hydrogens is 525 g/mol. The maximum absolute atomic E-state index is 13.4. The molecule has 11 heteroatoms. The van der Waals surface area contributed by atoms with Crippen LogP contribution in [-0.2, 0) is 45.8 Å². The summed E-state index contributed by atoms with van der Waals surface area (Å²) in [5.74, 6) is 0. The molecule has 1 fully saturated rings. The lowest BCUT2D eigenvalue weighted by atomic mass is 9.96. The number of carbonyl (C=O) groups excluding carboxylic acids is 2. The Labute approximate surface area is 229 Å². The Kier molecular flexibility index (Phi) is 13.8. The Balaban J connectivity index is 1.32. The van der Waals surface area contributed by atoms with Crippen LogP contribution in [0.1, 0.15) is 56.1 Å². The standard InChI is InChI=1S/C28H38NO9P/c30-27(35-22-24-12-4-1-5-13-24)33-18-10-20-37-39(32,29-26-16-8-3-9-17-26)38-21-11-19-34-28(31)36-23-25-14-6-2-7-15-25/h1-2,4-7,12-15,26H,3,8-11,16-23H2,(H,29,32). The summed E-state index contributed by atoms with van der Waals surface area (Å²) >= 11 is 0. The first-order valence-corrected chi connectivity index (χ1v) is 14.9. The van der Waals surface area contributed by atoms with Gasteiger partial charge in [0.15, 0.2) is 0 Å². The van der Waals surface area contributed by atoms with Gasteiger partial charge < -0.3 is 18.9 Å². The Morgan fingerprint density at radius 1 is 0.667 bits per heavy atom. The quantitative estimate of drug-likeness (QED) is 0.137. The van der Waals surface area contributed by atoms with Gasteiger partial charge in [-0.1, -0.05) is 79.9 Å². The zero-order valence-corrected chi connectivity index (χ0v) is 23.1. The van der Waals surface area contributed by atoms with E-state index < -0.39 is 20.1 Å². The molecule has 0 atom stereocenters. The first-order chi connectivity index (χ1) is 19.0. The third kappa shape index (κ3) is 13.1. The monoisotopic (exact) mass is 563 g/mol. The predicted octanol–water partition coefficient (Wildman–Crippen LogP) is 6.54. The molecule has 1 N–H and O–H groups in total. The number of ether oxygens (including phenoxy) is 4. The van der Waals surface area contributed by atoms with E-state index in [1.165, 1.54) is 0 Å². The van der Waals surface area contributed by atoms with Gasteiger partial charge in [0.2, 0.25) is 0 Å². The number of hydrogen-bond acceptors (Lipinski definition) is 9. The van der Waals surface area contributed by atoms with Crippen LogP contribution in [-0.4, -0.2) is 44.8 Å². The van der Waals surface area contributed by atoms with E-state index in [2.05, 4.69) is 5.09 Å². The van der Waals surface area contributed by atoms with Crippen LogP contribution in [0.3, 0.4) is 0 Å². The van der Waals surface area contributed by atoms with Gasteiger partial charge in [-0.25, -0.2) is 19.2 Å². The van der Waals surface area contributed by atoms with E-state index >= 15 is 0 Å². The highest BCUT2D eigenvalue weighted by Gasteiger charge is 2.29. The average molecular weight is 564 g/mol. The molecule has 0 heterocycles. The largest absolute Gasteiger partial charge is 0.508 e. The third-order valence-electron chi connectivity index (χ3n) is 5.88. The molecule has 0 unspecified atom stereocenters. The zero-order chi connectivity index (χ0) is 27.6. The summed E-state index contributed by atoms with van der Waals surface area (Å²) in [5, 5.41) is 3.05. The molecule has 1 aliphatic carbocycles. The van der Waals surface area contributed by atoms with Gasteiger partial charge in [-0.2, -0.15) is 0 Å². The molecule has 0 amide bonds. The molecule has 0 saturated heterocycles. The molecule has 0 radical (unpaired) electrons. The summed E-state index contributed by atoms with van der Waals surface area (Å²) < 4.78 is 44.9. The van der Waals surface area contributed by atoms with Crippen molar-refractivity contribution in [3.05, 3.63) is 71.8 Å². The van der Waals surface area contributed by atoms with Crippen LogP contribution in [0.25, 0.3) is 0 Å². The minimum absolute atomic E-state index is 0.0398. The Hall–Kier alpha value is -2.91. The van der Waals surface area contributed by atoms with Crippen LogP contribution < -0.4 is 5.09 Å². The second kappa shape index (κ2) is 17.6. The zero-order valence-electron chi connectivity index (χ0n) is 22.2. The van der Waals surface area contributed by atoms with Crippen molar-refractivity contribution in [3.8, 4) is 0 Å². The van der Waals surface area contributed by atoms with Crippen molar-refractivity contribution >= 4 is 20.1 Å². The van der Waals surface area contributed by atoms with Crippen molar-refractivity contribution < 1.29 is 42.1 Å². The van der Waals surface area contributed by atoms with Crippen LogP contribution >= 0.6 is 7.75 Å². The third-order valence-corrected chi connectivity index (χ3v) is 7.61. The molecule has 214 valence electrons. The van der Waals surface area contributed by atoms with E-state index in [9.17, 15) is 14.2 Å². The van der Waals surface area contributed by atoms with Gasteiger partial charge in [-0.05, 0) is 24.0 Å². The molecule has 1 saturated carbocycles. The van der Waals surface area contributed by atoms with Crippen molar-refractivity contribution in [3.63, 3.8) is 0 Å². The second-order valence-corrected chi connectivity index (χ2v) is 10.9.